The van der Waals surface area contributed by atoms with Gasteiger partial charge >= 0.3 is 0 Å². The summed E-state index contributed by atoms with van der Waals surface area (Å²) in [6, 6.07) is 2.10. The fraction of sp³-hybridized carbons (Fsp3) is 0.500. The Bertz CT molecular complexity index is 249. The number of nitrogens with one attached hydrogen (secondary N) is 1. The van der Waals surface area contributed by atoms with Crippen molar-refractivity contribution >= 4 is 11.3 Å². The molecule has 0 amide bonds. The molecule has 0 aromatic carbocycles. The number of hydrogen-bond acceptors (Lipinski definition) is 4. The SMILES string of the molecule is ONCc1cc2c(s1)CCOC2. The minimum atomic E-state index is 0.539. The van der Waals surface area contributed by atoms with Crippen molar-refractivity contribution in [3.8, 4) is 0 Å². The van der Waals surface area contributed by atoms with Crippen molar-refractivity contribution in [1.82, 2.24) is 5.48 Å². The molecule has 1 aromatic rings. The van der Waals surface area contributed by atoms with Crippen LogP contribution in [0.4, 0.5) is 0 Å². The van der Waals surface area contributed by atoms with Crippen molar-refractivity contribution in [2.75, 3.05) is 6.61 Å². The molecule has 0 saturated heterocycles. The summed E-state index contributed by atoms with van der Waals surface area (Å²) in [7, 11) is 0. The molecule has 2 N–H and O–H groups in total. The van der Waals surface area contributed by atoms with Crippen LogP contribution in [-0.2, 0) is 24.3 Å². The maximum atomic E-state index is 8.51. The van der Waals surface area contributed by atoms with Gasteiger partial charge in [0.05, 0.1) is 19.8 Å². The van der Waals surface area contributed by atoms with E-state index < -0.39 is 0 Å². The Morgan fingerprint density at radius 3 is 3.33 bits per heavy atom. The largest absolute Gasteiger partial charge is 0.376 e. The third-order valence-corrected chi connectivity index (χ3v) is 3.17. The first-order chi connectivity index (χ1) is 5.90. The van der Waals surface area contributed by atoms with E-state index in [2.05, 4.69) is 11.5 Å². The standard InChI is InChI=1S/C8H11NO2S/c10-9-4-7-3-6-5-11-2-1-8(6)12-7/h3,9-10H,1-2,4-5H2. The van der Waals surface area contributed by atoms with Crippen LogP contribution < -0.4 is 5.48 Å². The minimum absolute atomic E-state index is 0.539. The normalized spacial score (nSPS) is 16.1. The van der Waals surface area contributed by atoms with Crippen molar-refractivity contribution in [3.63, 3.8) is 0 Å². The van der Waals surface area contributed by atoms with Crippen LogP contribution >= 0.6 is 11.3 Å². The average Bonchev–Trinajstić information content (AvgIpc) is 2.47. The van der Waals surface area contributed by atoms with Crippen LogP contribution in [0, 0.1) is 0 Å². The number of hydrogen-bond donors (Lipinski definition) is 2. The van der Waals surface area contributed by atoms with Crippen molar-refractivity contribution in [3.05, 3.63) is 21.4 Å². The second-order valence-corrected chi connectivity index (χ2v) is 4.02. The van der Waals surface area contributed by atoms with Crippen LogP contribution in [0.15, 0.2) is 6.07 Å². The molecule has 12 heavy (non-hydrogen) atoms. The van der Waals surface area contributed by atoms with Gasteiger partial charge in [0.2, 0.25) is 0 Å². The van der Waals surface area contributed by atoms with Gasteiger partial charge in [0.1, 0.15) is 0 Å². The van der Waals surface area contributed by atoms with Gasteiger partial charge in [-0.2, -0.15) is 0 Å². The highest BCUT2D eigenvalue weighted by atomic mass is 32.1. The first kappa shape index (κ1) is 8.19. The maximum absolute atomic E-state index is 8.51. The molecule has 0 unspecified atom stereocenters. The molecule has 1 aliphatic rings. The van der Waals surface area contributed by atoms with E-state index in [1.807, 2.05) is 0 Å². The summed E-state index contributed by atoms with van der Waals surface area (Å²) in [4.78, 5) is 2.58. The topological polar surface area (TPSA) is 41.5 Å². The smallest absolute Gasteiger partial charge is 0.0727 e. The highest BCUT2D eigenvalue weighted by Gasteiger charge is 2.12. The highest BCUT2D eigenvalue weighted by Crippen LogP contribution is 2.26. The van der Waals surface area contributed by atoms with E-state index in [1.54, 1.807) is 11.3 Å². The van der Waals surface area contributed by atoms with Gasteiger partial charge < -0.3 is 9.94 Å². The van der Waals surface area contributed by atoms with Crippen molar-refractivity contribution in [2.24, 2.45) is 0 Å². The number of rotatable bonds is 2. The number of fused-ring (bicyclic) bond motifs is 1. The number of hydroxylamine groups is 1. The fourth-order valence-corrected chi connectivity index (χ4v) is 2.46. The van der Waals surface area contributed by atoms with Crippen LogP contribution in [0.2, 0.25) is 0 Å². The summed E-state index contributed by atoms with van der Waals surface area (Å²) in [5, 5.41) is 8.51. The zero-order chi connectivity index (χ0) is 8.39. The van der Waals surface area contributed by atoms with Gasteiger partial charge in [0.25, 0.3) is 0 Å². The van der Waals surface area contributed by atoms with E-state index in [4.69, 9.17) is 9.94 Å². The molecule has 1 aromatic heterocycles. The van der Waals surface area contributed by atoms with E-state index in [9.17, 15) is 0 Å². The lowest BCUT2D eigenvalue weighted by molar-refractivity contribution is 0.112. The van der Waals surface area contributed by atoms with Gasteiger partial charge in [-0.25, -0.2) is 5.48 Å². The lowest BCUT2D eigenvalue weighted by Crippen LogP contribution is -2.05. The van der Waals surface area contributed by atoms with Gasteiger partial charge in [-0.3, -0.25) is 0 Å². The zero-order valence-electron chi connectivity index (χ0n) is 6.67. The third kappa shape index (κ3) is 1.51. The molecule has 66 valence electrons. The summed E-state index contributed by atoms with van der Waals surface area (Å²) in [6.07, 6.45) is 1.02. The van der Waals surface area contributed by atoms with Crippen LogP contribution in [-0.4, -0.2) is 11.8 Å². The molecule has 0 atom stereocenters. The molecule has 0 aliphatic carbocycles. The monoisotopic (exact) mass is 185 g/mol. The second kappa shape index (κ2) is 3.53. The van der Waals surface area contributed by atoms with E-state index in [1.165, 1.54) is 15.3 Å². The summed E-state index contributed by atoms with van der Waals surface area (Å²) in [5.41, 5.74) is 3.45. The van der Waals surface area contributed by atoms with E-state index >= 15 is 0 Å². The van der Waals surface area contributed by atoms with Gasteiger partial charge in [-0.1, -0.05) is 0 Å². The lowest BCUT2D eigenvalue weighted by Gasteiger charge is -2.10. The van der Waals surface area contributed by atoms with E-state index in [-0.39, 0.29) is 0 Å². The van der Waals surface area contributed by atoms with Crippen LogP contribution in [0.1, 0.15) is 15.3 Å². The Morgan fingerprint density at radius 1 is 1.67 bits per heavy atom. The predicted octanol–water partition coefficient (Wildman–Crippen LogP) is 1.30. The first-order valence-electron chi connectivity index (χ1n) is 3.95. The Hall–Kier alpha value is -0.420. The molecule has 1 aliphatic heterocycles. The van der Waals surface area contributed by atoms with Crippen LogP contribution in [0.25, 0.3) is 0 Å². The third-order valence-electron chi connectivity index (χ3n) is 1.93. The lowest BCUT2D eigenvalue weighted by atomic mass is 10.2. The summed E-state index contributed by atoms with van der Waals surface area (Å²) in [5.74, 6) is 0. The van der Waals surface area contributed by atoms with Crippen LogP contribution in [0.5, 0.6) is 0 Å². The van der Waals surface area contributed by atoms with Gasteiger partial charge in [0.15, 0.2) is 0 Å². The number of ether oxygens (including phenoxy) is 1. The molecule has 0 radical (unpaired) electrons. The minimum Gasteiger partial charge on any atom is -0.376 e. The summed E-state index contributed by atoms with van der Waals surface area (Å²) >= 11 is 1.76. The predicted molar refractivity (Wildman–Crippen MR) is 46.3 cm³/mol. The Balaban J connectivity index is 2.20. The fourth-order valence-electron chi connectivity index (χ4n) is 1.37. The highest BCUT2D eigenvalue weighted by molar-refractivity contribution is 7.12. The molecule has 4 heteroatoms. The zero-order valence-corrected chi connectivity index (χ0v) is 7.49. The Kier molecular flexibility index (Phi) is 2.41. The summed E-state index contributed by atoms with van der Waals surface area (Å²) in [6.45, 7) is 2.11. The Labute approximate surface area is 74.9 Å². The molecule has 0 saturated carbocycles. The van der Waals surface area contributed by atoms with Crippen molar-refractivity contribution in [2.45, 2.75) is 19.6 Å². The average molecular weight is 185 g/mol. The van der Waals surface area contributed by atoms with E-state index in [0.29, 0.717) is 6.54 Å². The van der Waals surface area contributed by atoms with Crippen molar-refractivity contribution in [1.29, 1.82) is 0 Å². The molecule has 3 nitrogen and oxygen atoms in total. The molecule has 2 heterocycles. The molecule has 0 fully saturated rings. The molecule has 0 spiro atoms. The molecule has 2 rings (SSSR count). The van der Waals surface area contributed by atoms with Gasteiger partial charge in [0, 0.05) is 16.2 Å². The molecular formula is C8H11NO2S. The maximum Gasteiger partial charge on any atom is 0.0727 e. The van der Waals surface area contributed by atoms with Crippen molar-refractivity contribution < 1.29 is 9.94 Å². The summed E-state index contributed by atoms with van der Waals surface area (Å²) < 4.78 is 5.31. The number of thiophene rings is 1. The Morgan fingerprint density at radius 2 is 2.58 bits per heavy atom. The van der Waals surface area contributed by atoms with Gasteiger partial charge in [-0.05, 0) is 11.6 Å². The van der Waals surface area contributed by atoms with Gasteiger partial charge in [-0.15, -0.1) is 11.3 Å². The molecular weight excluding hydrogens is 174 g/mol. The van der Waals surface area contributed by atoms with Crippen LogP contribution in [0.3, 0.4) is 0 Å². The quantitative estimate of drug-likeness (QED) is 0.682. The van der Waals surface area contributed by atoms with E-state index in [0.717, 1.165) is 19.6 Å². The second-order valence-electron chi connectivity index (χ2n) is 2.80. The first-order valence-corrected chi connectivity index (χ1v) is 4.77. The molecule has 0 bridgehead atoms.